The SMILES string of the molecule is CC.COc1cc(NC(=O)C2CCC(N3Cc4c(C)cc(CN)cc4NC3=O)CC2)ccc1C. The summed E-state index contributed by atoms with van der Waals surface area (Å²) in [6, 6.07) is 9.83. The third-order valence-corrected chi connectivity index (χ3v) is 6.78. The molecule has 0 bridgehead atoms. The van der Waals surface area contributed by atoms with Crippen molar-refractivity contribution in [1.29, 1.82) is 0 Å². The standard InChI is InChI=1S/C25H32N4O3.C2H6/c1-15-4-7-19(12-23(15)32-3)27-24(30)18-5-8-20(9-6-18)29-14-21-16(2)10-17(13-26)11-22(21)28-25(29)31;1-2/h4,7,10-12,18,20H,5-6,8-9,13-14,26H2,1-3H3,(H,27,30)(H,28,31);1-2H3. The van der Waals surface area contributed by atoms with Crippen LogP contribution in [-0.4, -0.2) is 30.0 Å². The summed E-state index contributed by atoms with van der Waals surface area (Å²) in [6.07, 6.45) is 3.17. The number of amides is 3. The van der Waals surface area contributed by atoms with E-state index in [0.29, 0.717) is 13.1 Å². The lowest BCUT2D eigenvalue weighted by molar-refractivity contribution is -0.121. The van der Waals surface area contributed by atoms with E-state index >= 15 is 0 Å². The molecule has 0 saturated heterocycles. The number of nitrogens with zero attached hydrogens (tertiary/aromatic N) is 1. The van der Waals surface area contributed by atoms with Crippen LogP contribution in [0.15, 0.2) is 30.3 Å². The molecule has 0 radical (unpaired) electrons. The van der Waals surface area contributed by atoms with Crippen LogP contribution in [-0.2, 0) is 17.9 Å². The van der Waals surface area contributed by atoms with Crippen molar-refractivity contribution in [2.24, 2.45) is 11.7 Å². The number of hydrogen-bond acceptors (Lipinski definition) is 4. The van der Waals surface area contributed by atoms with Crippen LogP contribution in [0.1, 0.15) is 61.8 Å². The summed E-state index contributed by atoms with van der Waals surface area (Å²) in [5, 5.41) is 6.07. The van der Waals surface area contributed by atoms with Gasteiger partial charge in [0, 0.05) is 35.9 Å². The van der Waals surface area contributed by atoms with Crippen LogP contribution < -0.4 is 21.1 Å². The zero-order valence-corrected chi connectivity index (χ0v) is 21.0. The van der Waals surface area contributed by atoms with Crippen LogP contribution in [0.5, 0.6) is 5.75 Å². The topological polar surface area (TPSA) is 96.7 Å². The van der Waals surface area contributed by atoms with Gasteiger partial charge in [-0.1, -0.05) is 26.0 Å². The van der Waals surface area contributed by atoms with Crippen LogP contribution in [0.25, 0.3) is 0 Å². The minimum absolute atomic E-state index is 0.0351. The van der Waals surface area contributed by atoms with Gasteiger partial charge in [-0.2, -0.15) is 0 Å². The molecule has 34 heavy (non-hydrogen) atoms. The maximum absolute atomic E-state index is 12.8. The molecule has 2 aliphatic rings. The fraction of sp³-hybridized carbons (Fsp3) is 0.481. The van der Waals surface area contributed by atoms with Crippen molar-refractivity contribution in [2.45, 2.75) is 72.5 Å². The van der Waals surface area contributed by atoms with Crippen molar-refractivity contribution < 1.29 is 14.3 Å². The predicted octanol–water partition coefficient (Wildman–Crippen LogP) is 5.34. The minimum Gasteiger partial charge on any atom is -0.496 e. The highest BCUT2D eigenvalue weighted by Gasteiger charge is 2.34. The summed E-state index contributed by atoms with van der Waals surface area (Å²) < 4.78 is 5.35. The van der Waals surface area contributed by atoms with Gasteiger partial charge in [-0.05, 0) is 73.9 Å². The molecule has 2 aromatic rings. The van der Waals surface area contributed by atoms with Crippen molar-refractivity contribution in [3.8, 4) is 5.75 Å². The molecule has 1 saturated carbocycles. The summed E-state index contributed by atoms with van der Waals surface area (Å²) in [5.74, 6) is 0.747. The van der Waals surface area contributed by atoms with Gasteiger partial charge in [0.05, 0.1) is 13.7 Å². The second-order valence-corrected chi connectivity index (χ2v) is 8.88. The summed E-state index contributed by atoms with van der Waals surface area (Å²) in [7, 11) is 1.63. The normalized spacial score (nSPS) is 19.4. The highest BCUT2D eigenvalue weighted by Crippen LogP contribution is 2.34. The number of fused-ring (bicyclic) bond motifs is 1. The number of methoxy groups -OCH3 is 1. The van der Waals surface area contributed by atoms with E-state index in [1.165, 1.54) is 0 Å². The number of hydrogen-bond donors (Lipinski definition) is 3. The summed E-state index contributed by atoms with van der Waals surface area (Å²) in [6.45, 7) is 9.09. The van der Waals surface area contributed by atoms with Crippen molar-refractivity contribution in [3.63, 3.8) is 0 Å². The Morgan fingerprint density at radius 2 is 1.82 bits per heavy atom. The van der Waals surface area contributed by atoms with E-state index in [-0.39, 0.29) is 23.9 Å². The molecule has 0 aromatic heterocycles. The van der Waals surface area contributed by atoms with E-state index in [9.17, 15) is 9.59 Å². The van der Waals surface area contributed by atoms with Crippen molar-refractivity contribution in [1.82, 2.24) is 4.90 Å². The maximum atomic E-state index is 12.8. The molecule has 1 aliphatic carbocycles. The number of carbonyl (C=O) groups is 2. The minimum atomic E-state index is -0.0641. The second kappa shape index (κ2) is 11.4. The van der Waals surface area contributed by atoms with E-state index in [4.69, 9.17) is 10.5 Å². The Kier molecular flexibility index (Phi) is 8.56. The third kappa shape index (κ3) is 5.53. The quantitative estimate of drug-likeness (QED) is 0.554. The summed E-state index contributed by atoms with van der Waals surface area (Å²) >= 11 is 0. The van der Waals surface area contributed by atoms with Crippen molar-refractivity contribution in [3.05, 3.63) is 52.6 Å². The van der Waals surface area contributed by atoms with Gasteiger partial charge in [0.15, 0.2) is 0 Å². The number of aryl methyl sites for hydroxylation is 2. The number of nitrogens with two attached hydrogens (primary N) is 1. The molecular formula is C27H38N4O3. The van der Waals surface area contributed by atoms with Crippen LogP contribution in [0.3, 0.4) is 0 Å². The zero-order chi connectivity index (χ0) is 24.8. The largest absolute Gasteiger partial charge is 0.496 e. The summed E-state index contributed by atoms with van der Waals surface area (Å²) in [5.41, 5.74) is 11.7. The molecule has 0 unspecified atom stereocenters. The second-order valence-electron chi connectivity index (χ2n) is 8.88. The summed E-state index contributed by atoms with van der Waals surface area (Å²) in [4.78, 5) is 27.5. The molecule has 1 fully saturated rings. The Morgan fingerprint density at radius 3 is 2.47 bits per heavy atom. The van der Waals surface area contributed by atoms with E-state index < -0.39 is 0 Å². The monoisotopic (exact) mass is 466 g/mol. The zero-order valence-electron chi connectivity index (χ0n) is 21.0. The highest BCUT2D eigenvalue weighted by molar-refractivity contribution is 5.94. The molecule has 0 atom stereocenters. The van der Waals surface area contributed by atoms with E-state index in [0.717, 1.165) is 65.1 Å². The molecule has 7 nitrogen and oxygen atoms in total. The Bertz CT molecular complexity index is 1030. The maximum Gasteiger partial charge on any atom is 0.322 e. The molecule has 3 amide bonds. The Morgan fingerprint density at radius 1 is 1.12 bits per heavy atom. The molecule has 1 heterocycles. The first-order valence-electron chi connectivity index (χ1n) is 12.2. The number of rotatable bonds is 5. The molecule has 2 aromatic carbocycles. The molecule has 7 heteroatoms. The van der Waals surface area contributed by atoms with E-state index in [1.807, 2.05) is 49.9 Å². The number of urea groups is 1. The van der Waals surface area contributed by atoms with E-state index in [2.05, 4.69) is 23.6 Å². The van der Waals surface area contributed by atoms with E-state index in [1.54, 1.807) is 7.11 Å². The van der Waals surface area contributed by atoms with Gasteiger partial charge in [0.1, 0.15) is 5.75 Å². The van der Waals surface area contributed by atoms with Gasteiger partial charge < -0.3 is 26.0 Å². The Hall–Kier alpha value is -3.06. The van der Waals surface area contributed by atoms with Gasteiger partial charge in [0.2, 0.25) is 5.91 Å². The van der Waals surface area contributed by atoms with Gasteiger partial charge >= 0.3 is 6.03 Å². The lowest BCUT2D eigenvalue weighted by Gasteiger charge is -2.39. The number of carbonyl (C=O) groups excluding carboxylic acids is 2. The molecular weight excluding hydrogens is 428 g/mol. The van der Waals surface area contributed by atoms with Crippen LogP contribution in [0, 0.1) is 19.8 Å². The molecule has 184 valence electrons. The van der Waals surface area contributed by atoms with Gasteiger partial charge in [-0.25, -0.2) is 4.79 Å². The first-order valence-corrected chi connectivity index (χ1v) is 12.2. The molecule has 1 aliphatic heterocycles. The number of benzene rings is 2. The highest BCUT2D eigenvalue weighted by atomic mass is 16.5. The number of anilines is 2. The molecule has 0 spiro atoms. The average Bonchev–Trinajstić information content (AvgIpc) is 2.86. The third-order valence-electron chi connectivity index (χ3n) is 6.78. The van der Waals surface area contributed by atoms with Gasteiger partial charge in [0.25, 0.3) is 0 Å². The molecule has 4 N–H and O–H groups in total. The van der Waals surface area contributed by atoms with Gasteiger partial charge in [-0.3, -0.25) is 4.79 Å². The number of ether oxygens (including phenoxy) is 1. The van der Waals surface area contributed by atoms with Gasteiger partial charge in [-0.15, -0.1) is 0 Å². The number of nitrogens with one attached hydrogen (secondary N) is 2. The smallest absolute Gasteiger partial charge is 0.322 e. The van der Waals surface area contributed by atoms with Crippen molar-refractivity contribution in [2.75, 3.05) is 17.7 Å². The Labute approximate surface area is 203 Å². The molecule has 4 rings (SSSR count). The predicted molar refractivity (Wildman–Crippen MR) is 137 cm³/mol. The Balaban J connectivity index is 0.00000158. The lowest BCUT2D eigenvalue weighted by atomic mass is 9.84. The first kappa shape index (κ1) is 25.6. The average molecular weight is 467 g/mol. The van der Waals surface area contributed by atoms with Crippen LogP contribution >= 0.6 is 0 Å². The fourth-order valence-electron chi connectivity index (χ4n) is 4.85. The lowest BCUT2D eigenvalue weighted by Crippen LogP contribution is -2.47. The van der Waals surface area contributed by atoms with Crippen molar-refractivity contribution >= 4 is 23.3 Å². The fourth-order valence-corrected chi connectivity index (χ4v) is 4.85. The van der Waals surface area contributed by atoms with Crippen LogP contribution in [0.4, 0.5) is 16.2 Å². The van der Waals surface area contributed by atoms with Crippen LogP contribution in [0.2, 0.25) is 0 Å². The first-order chi connectivity index (χ1) is 16.4.